The van der Waals surface area contributed by atoms with Crippen molar-refractivity contribution in [3.8, 4) is 6.07 Å². The predicted molar refractivity (Wildman–Crippen MR) is 128 cm³/mol. The second kappa shape index (κ2) is 7.82. The number of aliphatic hydroxyl groups is 2. The molecule has 1 heterocycles. The Balaban J connectivity index is 1.38. The normalized spacial score (nSPS) is 46.5. The molecule has 0 radical (unpaired) electrons. The lowest BCUT2D eigenvalue weighted by molar-refractivity contribution is -0.166. The molecule has 1 aromatic rings. The molecule has 33 heavy (non-hydrogen) atoms. The molecule has 0 saturated heterocycles. The van der Waals surface area contributed by atoms with Gasteiger partial charge in [-0.25, -0.2) is 0 Å². The highest BCUT2D eigenvalue weighted by Crippen LogP contribution is 2.69. The van der Waals surface area contributed by atoms with Crippen LogP contribution in [0.3, 0.4) is 0 Å². The molecule has 5 heteroatoms. The molecule has 2 N–H and O–H groups in total. The van der Waals surface area contributed by atoms with E-state index in [0.29, 0.717) is 29.4 Å². The highest BCUT2D eigenvalue weighted by Gasteiger charge is 2.63. The number of hydrogen-bond donors (Lipinski definition) is 2. The van der Waals surface area contributed by atoms with Gasteiger partial charge in [0.1, 0.15) is 6.07 Å². The maximum atomic E-state index is 11.7. The van der Waals surface area contributed by atoms with Crippen LogP contribution in [0.4, 0.5) is 0 Å². The fourth-order valence-electron chi connectivity index (χ4n) is 9.91. The number of nitrogens with zero attached hydrogens (tertiary/aromatic N) is 3. The summed E-state index contributed by atoms with van der Waals surface area (Å²) in [5.74, 6) is 3.16. The maximum absolute atomic E-state index is 11.7. The van der Waals surface area contributed by atoms with E-state index in [1.165, 1.54) is 44.9 Å². The van der Waals surface area contributed by atoms with Crippen LogP contribution < -0.4 is 0 Å². The fraction of sp³-hybridized carbons (Fsp3) is 0.857. The van der Waals surface area contributed by atoms with E-state index in [2.05, 4.69) is 31.9 Å². The van der Waals surface area contributed by atoms with Crippen molar-refractivity contribution in [3.05, 3.63) is 18.0 Å². The van der Waals surface area contributed by atoms with E-state index in [1.807, 2.05) is 6.92 Å². The molecule has 0 aromatic carbocycles. The third-order valence-corrected chi connectivity index (χ3v) is 11.3. The van der Waals surface area contributed by atoms with Gasteiger partial charge in [-0.2, -0.15) is 10.4 Å². The predicted octanol–water partition coefficient (Wildman–Crippen LogP) is 5.31. The molecule has 4 fully saturated rings. The average molecular weight is 454 g/mol. The Bertz CT molecular complexity index is 930. The minimum Gasteiger partial charge on any atom is -0.390 e. The molecule has 9 atom stereocenters. The van der Waals surface area contributed by atoms with E-state index in [-0.39, 0.29) is 11.3 Å². The van der Waals surface area contributed by atoms with Crippen LogP contribution in [0.25, 0.3) is 0 Å². The number of rotatable bonds is 4. The van der Waals surface area contributed by atoms with Gasteiger partial charge in [-0.3, -0.25) is 4.68 Å². The molecule has 182 valence electrons. The minimum absolute atomic E-state index is 0.164. The molecule has 5 nitrogen and oxygen atoms in total. The quantitative estimate of drug-likeness (QED) is 0.648. The lowest BCUT2D eigenvalue weighted by atomic mass is 9.42. The first-order valence-electron chi connectivity index (χ1n) is 13.4. The Labute approximate surface area is 199 Å². The van der Waals surface area contributed by atoms with E-state index in [9.17, 15) is 10.2 Å². The first-order valence-corrected chi connectivity index (χ1v) is 13.4. The summed E-state index contributed by atoms with van der Waals surface area (Å²) in [5.41, 5.74) is -0.185. The van der Waals surface area contributed by atoms with Gasteiger partial charge < -0.3 is 10.2 Å². The Kier molecular flexibility index (Phi) is 5.54. The molecule has 4 aliphatic rings. The van der Waals surface area contributed by atoms with Crippen LogP contribution in [0.15, 0.2) is 12.4 Å². The fourth-order valence-corrected chi connectivity index (χ4v) is 9.91. The monoisotopic (exact) mass is 453 g/mol. The van der Waals surface area contributed by atoms with Gasteiger partial charge >= 0.3 is 0 Å². The van der Waals surface area contributed by atoms with Crippen molar-refractivity contribution >= 4 is 0 Å². The summed E-state index contributed by atoms with van der Waals surface area (Å²) in [6.07, 6.45) is 15.1. The van der Waals surface area contributed by atoms with E-state index >= 15 is 0 Å². The van der Waals surface area contributed by atoms with E-state index in [4.69, 9.17) is 5.26 Å². The van der Waals surface area contributed by atoms with Crippen LogP contribution in [-0.4, -0.2) is 31.2 Å². The van der Waals surface area contributed by atoms with Crippen LogP contribution in [0.2, 0.25) is 0 Å². The Morgan fingerprint density at radius 2 is 1.94 bits per heavy atom. The van der Waals surface area contributed by atoms with Crippen LogP contribution in [0.1, 0.15) is 97.5 Å². The van der Waals surface area contributed by atoms with Crippen LogP contribution in [0, 0.1) is 51.8 Å². The molecular weight excluding hydrogens is 410 g/mol. The highest BCUT2D eigenvalue weighted by molar-refractivity contribution is 5.22. The highest BCUT2D eigenvalue weighted by atomic mass is 16.3. The van der Waals surface area contributed by atoms with Gasteiger partial charge in [0, 0.05) is 6.20 Å². The smallest absolute Gasteiger partial charge is 0.102 e. The molecule has 5 rings (SSSR count). The van der Waals surface area contributed by atoms with Gasteiger partial charge in [0.2, 0.25) is 0 Å². The van der Waals surface area contributed by atoms with Crippen LogP contribution in [0.5, 0.6) is 0 Å². The average Bonchev–Trinajstić information content (AvgIpc) is 3.36. The number of aromatic nitrogens is 2. The number of fused-ring (bicyclic) bond motifs is 5. The van der Waals surface area contributed by atoms with Crippen molar-refractivity contribution in [3.63, 3.8) is 0 Å². The van der Waals surface area contributed by atoms with Gasteiger partial charge in [0.25, 0.3) is 0 Å². The van der Waals surface area contributed by atoms with E-state index in [1.54, 1.807) is 17.1 Å². The standard InChI is InChI=1S/C28H43N3O2/c1-5-28-13-12-25(2,32)14-20(28)6-7-21-22-8-9-24(26(22,3)11-10-23(21)28)27(4,33)18-31-17-19(15-29)16-30-31/h16-17,20-24,32-33H,5-14,18H2,1-4H3/t20-,21+,22+,23+,24+,25-,26+,27-,28+/m1/s1. The van der Waals surface area contributed by atoms with Gasteiger partial charge in [-0.1, -0.05) is 13.8 Å². The van der Waals surface area contributed by atoms with Gasteiger partial charge in [0.15, 0.2) is 0 Å². The van der Waals surface area contributed by atoms with Gasteiger partial charge in [-0.05, 0) is 118 Å². The molecule has 0 unspecified atom stereocenters. The lowest BCUT2D eigenvalue weighted by Crippen LogP contribution is -2.57. The lowest BCUT2D eigenvalue weighted by Gasteiger charge is -2.63. The van der Waals surface area contributed by atoms with Crippen molar-refractivity contribution in [1.82, 2.24) is 9.78 Å². The largest absolute Gasteiger partial charge is 0.390 e. The van der Waals surface area contributed by atoms with E-state index < -0.39 is 11.2 Å². The van der Waals surface area contributed by atoms with Gasteiger partial charge in [-0.15, -0.1) is 0 Å². The van der Waals surface area contributed by atoms with Crippen molar-refractivity contribution in [2.75, 3.05) is 0 Å². The molecule has 0 aliphatic heterocycles. The zero-order valence-corrected chi connectivity index (χ0v) is 21.1. The zero-order chi connectivity index (χ0) is 23.6. The summed E-state index contributed by atoms with van der Waals surface area (Å²) >= 11 is 0. The summed E-state index contributed by atoms with van der Waals surface area (Å²) < 4.78 is 1.76. The topological polar surface area (TPSA) is 82.1 Å². The second-order valence-corrected chi connectivity index (χ2v) is 13.0. The summed E-state index contributed by atoms with van der Waals surface area (Å²) in [6, 6.07) is 2.14. The number of nitriles is 1. The van der Waals surface area contributed by atoms with Crippen molar-refractivity contribution < 1.29 is 10.2 Å². The third kappa shape index (κ3) is 3.59. The van der Waals surface area contributed by atoms with Gasteiger partial charge in [0.05, 0.1) is 29.5 Å². The van der Waals surface area contributed by atoms with Crippen LogP contribution in [-0.2, 0) is 6.54 Å². The first kappa shape index (κ1) is 23.4. The molecule has 1 aromatic heterocycles. The maximum Gasteiger partial charge on any atom is 0.102 e. The van der Waals surface area contributed by atoms with Crippen LogP contribution >= 0.6 is 0 Å². The zero-order valence-electron chi connectivity index (χ0n) is 21.1. The SMILES string of the molecule is CC[C@]12CC[C@@](C)(O)C[C@H]1CC[C@H]1[C@@H]3CC[C@H]([C@](C)(O)Cn4cc(C#N)cn4)[C@@]3(C)CC[C@@H]12. The third-order valence-electron chi connectivity index (χ3n) is 11.3. The van der Waals surface area contributed by atoms with Crippen molar-refractivity contribution in [1.29, 1.82) is 5.26 Å². The summed E-state index contributed by atoms with van der Waals surface area (Å²) in [4.78, 5) is 0. The Hall–Kier alpha value is -1.38. The molecule has 0 amide bonds. The Morgan fingerprint density at radius 1 is 1.15 bits per heavy atom. The summed E-state index contributed by atoms with van der Waals surface area (Å²) in [7, 11) is 0. The summed E-state index contributed by atoms with van der Waals surface area (Å²) in [6.45, 7) is 9.38. The molecule has 4 aliphatic carbocycles. The number of hydrogen-bond acceptors (Lipinski definition) is 4. The second-order valence-electron chi connectivity index (χ2n) is 13.0. The molecule has 0 spiro atoms. The summed E-state index contributed by atoms with van der Waals surface area (Å²) in [5, 5.41) is 36.0. The Morgan fingerprint density at radius 3 is 2.64 bits per heavy atom. The first-order chi connectivity index (χ1) is 15.5. The van der Waals surface area contributed by atoms with Crippen molar-refractivity contribution in [2.45, 2.75) is 110 Å². The van der Waals surface area contributed by atoms with Crippen molar-refractivity contribution in [2.24, 2.45) is 40.4 Å². The van der Waals surface area contributed by atoms with E-state index in [0.717, 1.165) is 31.1 Å². The molecule has 0 bridgehead atoms. The molecular formula is C28H43N3O2. The molecule has 4 saturated carbocycles. The minimum atomic E-state index is -0.835.